The molecule has 23 heavy (non-hydrogen) atoms. The fraction of sp³-hybridized carbons (Fsp3) is 0.700. The molecule has 0 bridgehead atoms. The Morgan fingerprint density at radius 1 is 1.22 bits per heavy atom. The molecule has 0 radical (unpaired) electrons. The Kier molecular flexibility index (Phi) is 4.59. The van der Waals surface area contributed by atoms with Gasteiger partial charge in [-0.2, -0.15) is 0 Å². The van der Waals surface area contributed by atoms with Crippen molar-refractivity contribution in [2.24, 2.45) is 5.92 Å². The zero-order valence-corrected chi connectivity index (χ0v) is 14.3. The minimum Gasteiger partial charge on any atom is -0.493 e. The molecule has 0 amide bonds. The van der Waals surface area contributed by atoms with Gasteiger partial charge in [0.2, 0.25) is 0 Å². The molecule has 0 aromatic heterocycles. The van der Waals surface area contributed by atoms with Crippen molar-refractivity contribution in [3.05, 3.63) is 29.3 Å². The third-order valence-electron chi connectivity index (χ3n) is 5.45. The van der Waals surface area contributed by atoms with Gasteiger partial charge in [-0.1, -0.05) is 31.9 Å². The largest absolute Gasteiger partial charge is 0.493 e. The van der Waals surface area contributed by atoms with E-state index in [2.05, 4.69) is 30.0 Å². The van der Waals surface area contributed by atoms with E-state index in [0.29, 0.717) is 12.2 Å². The molecule has 2 aliphatic heterocycles. The average Bonchev–Trinajstić information content (AvgIpc) is 3.31. The summed E-state index contributed by atoms with van der Waals surface area (Å²) < 4.78 is 12.0. The number of unbranched alkanes of at least 4 members (excludes halogenated alkanes) is 1. The average molecular weight is 315 g/mol. The molecule has 0 unspecified atom stereocenters. The number of rotatable bonds is 6. The van der Waals surface area contributed by atoms with Crippen LogP contribution < -0.4 is 4.74 Å². The molecular weight excluding hydrogens is 286 g/mol. The summed E-state index contributed by atoms with van der Waals surface area (Å²) in [5.74, 6) is 1.92. The Labute approximate surface area is 140 Å². The Bertz CT molecular complexity index is 540. The van der Waals surface area contributed by atoms with Crippen LogP contribution in [-0.2, 0) is 17.7 Å². The van der Waals surface area contributed by atoms with E-state index >= 15 is 0 Å². The number of hydrogen-bond donors (Lipinski definition) is 0. The highest BCUT2D eigenvalue weighted by Gasteiger charge is 2.38. The molecule has 1 aromatic rings. The number of morpholine rings is 1. The smallest absolute Gasteiger partial charge is 0.122 e. The van der Waals surface area contributed by atoms with Gasteiger partial charge in [0.15, 0.2) is 0 Å². The van der Waals surface area contributed by atoms with E-state index < -0.39 is 0 Å². The summed E-state index contributed by atoms with van der Waals surface area (Å²) in [5.41, 5.74) is 2.82. The highest BCUT2D eigenvalue weighted by atomic mass is 16.5. The zero-order chi connectivity index (χ0) is 15.6. The minimum atomic E-state index is 0.437. The lowest BCUT2D eigenvalue weighted by atomic mass is 10.0. The minimum absolute atomic E-state index is 0.437. The van der Waals surface area contributed by atoms with E-state index in [1.54, 1.807) is 0 Å². The summed E-state index contributed by atoms with van der Waals surface area (Å²) in [4.78, 5) is 2.63. The highest BCUT2D eigenvalue weighted by molar-refractivity contribution is 5.39. The number of nitrogens with zero attached hydrogens (tertiary/aromatic N) is 1. The summed E-state index contributed by atoms with van der Waals surface area (Å²) in [6, 6.07) is 6.75. The van der Waals surface area contributed by atoms with Crippen LogP contribution in [0.5, 0.6) is 5.75 Å². The van der Waals surface area contributed by atoms with E-state index in [1.165, 1.54) is 43.2 Å². The third kappa shape index (κ3) is 3.72. The SMILES string of the molecule is CCCC[C@@H]1CN(Cc2ccc3c(c2)CCO3)C[C@H](C2CC2)O1. The number of hydrogen-bond acceptors (Lipinski definition) is 3. The van der Waals surface area contributed by atoms with Crippen LogP contribution in [0.3, 0.4) is 0 Å². The maximum atomic E-state index is 6.39. The van der Waals surface area contributed by atoms with Gasteiger partial charge in [-0.3, -0.25) is 4.90 Å². The van der Waals surface area contributed by atoms with Crippen LogP contribution in [0.4, 0.5) is 0 Å². The van der Waals surface area contributed by atoms with E-state index in [4.69, 9.17) is 9.47 Å². The number of benzene rings is 1. The van der Waals surface area contributed by atoms with Crippen LogP contribution >= 0.6 is 0 Å². The molecule has 1 saturated heterocycles. The molecular formula is C20H29NO2. The van der Waals surface area contributed by atoms with Gasteiger partial charge in [-0.25, -0.2) is 0 Å². The Hall–Kier alpha value is -1.06. The topological polar surface area (TPSA) is 21.7 Å². The molecule has 3 aliphatic rings. The van der Waals surface area contributed by atoms with Crippen LogP contribution in [0.1, 0.15) is 50.2 Å². The zero-order valence-electron chi connectivity index (χ0n) is 14.3. The van der Waals surface area contributed by atoms with Crippen LogP contribution in [0.25, 0.3) is 0 Å². The van der Waals surface area contributed by atoms with Gasteiger partial charge in [-0.15, -0.1) is 0 Å². The third-order valence-corrected chi connectivity index (χ3v) is 5.45. The maximum absolute atomic E-state index is 6.39. The van der Waals surface area contributed by atoms with Crippen LogP contribution in [0, 0.1) is 5.92 Å². The summed E-state index contributed by atoms with van der Waals surface area (Å²) >= 11 is 0. The summed E-state index contributed by atoms with van der Waals surface area (Å²) in [7, 11) is 0. The molecule has 0 spiro atoms. The molecule has 2 heterocycles. The van der Waals surface area contributed by atoms with Crippen LogP contribution in [-0.4, -0.2) is 36.8 Å². The Morgan fingerprint density at radius 2 is 2.13 bits per heavy atom. The van der Waals surface area contributed by atoms with Gasteiger partial charge in [0, 0.05) is 26.1 Å². The molecule has 2 fully saturated rings. The van der Waals surface area contributed by atoms with E-state index in [0.717, 1.165) is 44.3 Å². The first-order valence-corrected chi connectivity index (χ1v) is 9.44. The van der Waals surface area contributed by atoms with Crippen LogP contribution in [0.2, 0.25) is 0 Å². The monoisotopic (exact) mass is 315 g/mol. The van der Waals surface area contributed by atoms with Crippen molar-refractivity contribution in [3.63, 3.8) is 0 Å². The quantitative estimate of drug-likeness (QED) is 0.797. The summed E-state index contributed by atoms with van der Waals surface area (Å²) in [6.07, 6.45) is 8.48. The number of fused-ring (bicyclic) bond motifs is 1. The predicted octanol–water partition coefficient (Wildman–Crippen LogP) is 3.79. The first kappa shape index (κ1) is 15.5. The molecule has 0 N–H and O–H groups in total. The number of ether oxygens (including phenoxy) is 2. The van der Waals surface area contributed by atoms with Crippen molar-refractivity contribution in [2.75, 3.05) is 19.7 Å². The molecule has 126 valence electrons. The van der Waals surface area contributed by atoms with Crippen molar-refractivity contribution < 1.29 is 9.47 Å². The molecule has 1 aromatic carbocycles. The van der Waals surface area contributed by atoms with Gasteiger partial charge in [0.1, 0.15) is 5.75 Å². The lowest BCUT2D eigenvalue weighted by Crippen LogP contribution is -2.48. The molecule has 1 aliphatic carbocycles. The summed E-state index contributed by atoms with van der Waals surface area (Å²) in [6.45, 7) is 6.38. The van der Waals surface area contributed by atoms with Crippen molar-refractivity contribution in [1.82, 2.24) is 4.90 Å². The van der Waals surface area contributed by atoms with E-state index in [-0.39, 0.29) is 0 Å². The standard InChI is InChI=1S/C20H29NO2/c1-2-3-4-18-13-21(14-20(23-18)16-6-7-16)12-15-5-8-19-17(11-15)9-10-22-19/h5,8,11,16,18,20H,2-4,6-7,9-10,12-14H2,1H3/t18-,20-/m1/s1. The van der Waals surface area contributed by atoms with Crippen molar-refractivity contribution in [2.45, 2.75) is 64.2 Å². The van der Waals surface area contributed by atoms with Crippen LogP contribution in [0.15, 0.2) is 18.2 Å². The van der Waals surface area contributed by atoms with Gasteiger partial charge in [0.05, 0.1) is 18.8 Å². The van der Waals surface area contributed by atoms with Gasteiger partial charge < -0.3 is 9.47 Å². The van der Waals surface area contributed by atoms with E-state index in [1.807, 2.05) is 0 Å². The first-order valence-electron chi connectivity index (χ1n) is 9.44. The second kappa shape index (κ2) is 6.82. The van der Waals surface area contributed by atoms with Gasteiger partial charge >= 0.3 is 0 Å². The Morgan fingerprint density at radius 3 is 2.96 bits per heavy atom. The first-order chi connectivity index (χ1) is 11.3. The molecule has 1 saturated carbocycles. The highest BCUT2D eigenvalue weighted by Crippen LogP contribution is 2.37. The molecule has 3 nitrogen and oxygen atoms in total. The fourth-order valence-electron chi connectivity index (χ4n) is 4.00. The maximum Gasteiger partial charge on any atom is 0.122 e. The predicted molar refractivity (Wildman–Crippen MR) is 91.8 cm³/mol. The molecule has 3 heteroatoms. The summed E-state index contributed by atoms with van der Waals surface area (Å²) in [5, 5.41) is 0. The van der Waals surface area contributed by atoms with Crippen molar-refractivity contribution in [1.29, 1.82) is 0 Å². The van der Waals surface area contributed by atoms with Crippen molar-refractivity contribution in [3.8, 4) is 5.75 Å². The van der Waals surface area contributed by atoms with Gasteiger partial charge in [0.25, 0.3) is 0 Å². The second-order valence-electron chi connectivity index (χ2n) is 7.51. The van der Waals surface area contributed by atoms with Crippen molar-refractivity contribution >= 4 is 0 Å². The Balaban J connectivity index is 1.41. The lowest BCUT2D eigenvalue weighted by molar-refractivity contribution is -0.0993. The van der Waals surface area contributed by atoms with E-state index in [9.17, 15) is 0 Å². The molecule has 2 atom stereocenters. The molecule has 4 rings (SSSR count). The normalized spacial score (nSPS) is 27.7. The lowest BCUT2D eigenvalue weighted by Gasteiger charge is -2.38. The van der Waals surface area contributed by atoms with Gasteiger partial charge in [-0.05, 0) is 42.4 Å². The second-order valence-corrected chi connectivity index (χ2v) is 7.51. The fourth-order valence-corrected chi connectivity index (χ4v) is 4.00.